The van der Waals surface area contributed by atoms with Gasteiger partial charge >= 0.3 is 0 Å². The van der Waals surface area contributed by atoms with Crippen molar-refractivity contribution in [2.75, 3.05) is 5.73 Å². The molecule has 19 heavy (non-hydrogen) atoms. The molecule has 0 bridgehead atoms. The van der Waals surface area contributed by atoms with Crippen LogP contribution >= 0.6 is 0 Å². The molecule has 3 rings (SSSR count). The van der Waals surface area contributed by atoms with Crippen molar-refractivity contribution in [3.05, 3.63) is 29.0 Å². The maximum absolute atomic E-state index is 6.02. The molecule has 2 N–H and O–H groups in total. The molecule has 1 aliphatic carbocycles. The van der Waals surface area contributed by atoms with Crippen molar-refractivity contribution < 1.29 is 0 Å². The summed E-state index contributed by atoms with van der Waals surface area (Å²) in [5.74, 6) is 0.907. The van der Waals surface area contributed by atoms with E-state index in [4.69, 9.17) is 5.73 Å². The van der Waals surface area contributed by atoms with Crippen LogP contribution in [0.2, 0.25) is 0 Å². The molecule has 0 atom stereocenters. The quantitative estimate of drug-likeness (QED) is 0.794. The van der Waals surface area contributed by atoms with Crippen molar-refractivity contribution in [3.8, 4) is 5.82 Å². The summed E-state index contributed by atoms with van der Waals surface area (Å²) in [6.07, 6.45) is 7.38. The minimum Gasteiger partial charge on any atom is -0.396 e. The van der Waals surface area contributed by atoms with Crippen LogP contribution in [0.1, 0.15) is 41.9 Å². The van der Waals surface area contributed by atoms with Crippen molar-refractivity contribution in [2.24, 2.45) is 0 Å². The van der Waals surface area contributed by atoms with E-state index in [1.165, 1.54) is 30.5 Å². The Kier molecular flexibility index (Phi) is 2.97. The molecule has 2 aromatic rings. The monoisotopic (exact) mass is 257 g/mol. The largest absolute Gasteiger partial charge is 0.396 e. The number of fused-ring (bicyclic) bond motifs is 1. The van der Waals surface area contributed by atoms with Gasteiger partial charge in [0.1, 0.15) is 6.33 Å². The van der Waals surface area contributed by atoms with E-state index >= 15 is 0 Å². The lowest BCUT2D eigenvalue weighted by molar-refractivity contribution is 0.706. The first-order valence-corrected chi connectivity index (χ1v) is 6.83. The molecule has 100 valence electrons. The lowest BCUT2D eigenvalue weighted by Gasteiger charge is -2.11. The Labute approximate surface area is 112 Å². The number of rotatable bonds is 1. The molecule has 5 nitrogen and oxygen atoms in total. The number of hydrogen-bond acceptors (Lipinski definition) is 4. The van der Waals surface area contributed by atoms with E-state index in [1.54, 1.807) is 6.33 Å². The Morgan fingerprint density at radius 3 is 2.63 bits per heavy atom. The van der Waals surface area contributed by atoms with Gasteiger partial charge in [-0.25, -0.2) is 14.6 Å². The van der Waals surface area contributed by atoms with Crippen LogP contribution in [0.15, 0.2) is 6.33 Å². The highest BCUT2D eigenvalue weighted by atomic mass is 15.3. The molecule has 2 heterocycles. The summed E-state index contributed by atoms with van der Waals surface area (Å²) in [5.41, 5.74) is 11.0. The number of nitrogens with two attached hydrogens (primary N) is 1. The van der Waals surface area contributed by atoms with Gasteiger partial charge in [0.2, 0.25) is 0 Å². The fourth-order valence-electron chi connectivity index (χ4n) is 2.72. The first-order chi connectivity index (χ1) is 9.18. The van der Waals surface area contributed by atoms with E-state index in [2.05, 4.69) is 15.1 Å². The molecule has 0 unspecified atom stereocenters. The van der Waals surface area contributed by atoms with Crippen LogP contribution in [0.25, 0.3) is 5.82 Å². The lowest BCUT2D eigenvalue weighted by atomic mass is 10.1. The second kappa shape index (κ2) is 4.64. The molecule has 0 aromatic carbocycles. The Hall–Kier alpha value is -1.91. The predicted molar refractivity (Wildman–Crippen MR) is 74.3 cm³/mol. The van der Waals surface area contributed by atoms with Crippen molar-refractivity contribution in [3.63, 3.8) is 0 Å². The fraction of sp³-hybridized carbons (Fsp3) is 0.500. The highest BCUT2D eigenvalue weighted by Gasteiger charge is 2.18. The summed E-state index contributed by atoms with van der Waals surface area (Å²) in [5, 5.41) is 4.52. The molecule has 0 saturated heterocycles. The summed E-state index contributed by atoms with van der Waals surface area (Å²) in [4.78, 5) is 8.89. The van der Waals surface area contributed by atoms with Crippen LogP contribution in [0.3, 0.4) is 0 Å². The van der Waals surface area contributed by atoms with Crippen LogP contribution in [-0.4, -0.2) is 19.7 Å². The highest BCUT2D eigenvalue weighted by Crippen LogP contribution is 2.25. The summed E-state index contributed by atoms with van der Waals surface area (Å²) < 4.78 is 1.87. The number of hydrogen-bond donors (Lipinski definition) is 1. The number of nitrogens with zero attached hydrogens (tertiary/aromatic N) is 4. The minimum absolute atomic E-state index is 0.751. The molecule has 0 saturated carbocycles. The number of aromatic nitrogens is 4. The van der Waals surface area contributed by atoms with E-state index in [9.17, 15) is 0 Å². The molecule has 0 aliphatic heterocycles. The Morgan fingerprint density at radius 1 is 1.11 bits per heavy atom. The van der Waals surface area contributed by atoms with Crippen LogP contribution < -0.4 is 5.73 Å². The van der Waals surface area contributed by atoms with Gasteiger partial charge in [-0.15, -0.1) is 0 Å². The van der Waals surface area contributed by atoms with Crippen LogP contribution in [0.4, 0.5) is 5.69 Å². The highest BCUT2D eigenvalue weighted by molar-refractivity contribution is 5.51. The maximum atomic E-state index is 6.02. The van der Waals surface area contributed by atoms with Gasteiger partial charge in [-0.1, -0.05) is 6.42 Å². The van der Waals surface area contributed by atoms with E-state index < -0.39 is 0 Å². The molecule has 1 aliphatic rings. The van der Waals surface area contributed by atoms with Crippen LogP contribution in [0.5, 0.6) is 0 Å². The molecule has 5 heteroatoms. The molecule has 0 fully saturated rings. The van der Waals surface area contributed by atoms with Gasteiger partial charge in [-0.05, 0) is 39.5 Å². The average molecular weight is 257 g/mol. The zero-order valence-electron chi connectivity index (χ0n) is 11.5. The lowest BCUT2D eigenvalue weighted by Crippen LogP contribution is -2.10. The molecular weight excluding hydrogens is 238 g/mol. The van der Waals surface area contributed by atoms with Gasteiger partial charge in [0, 0.05) is 11.3 Å². The van der Waals surface area contributed by atoms with Crippen LogP contribution in [-0.2, 0) is 12.8 Å². The fourth-order valence-corrected chi connectivity index (χ4v) is 2.72. The molecule has 0 spiro atoms. The van der Waals surface area contributed by atoms with Gasteiger partial charge < -0.3 is 5.73 Å². The second-order valence-electron chi connectivity index (χ2n) is 5.18. The van der Waals surface area contributed by atoms with Crippen molar-refractivity contribution >= 4 is 5.69 Å². The normalized spacial score (nSPS) is 15.1. The smallest absolute Gasteiger partial charge is 0.160 e. The third kappa shape index (κ3) is 1.99. The van der Waals surface area contributed by atoms with Crippen molar-refractivity contribution in [1.82, 2.24) is 19.7 Å². The molecular formula is C14H19N5. The average Bonchev–Trinajstić information content (AvgIpc) is 2.64. The van der Waals surface area contributed by atoms with Gasteiger partial charge in [0.05, 0.1) is 17.1 Å². The van der Waals surface area contributed by atoms with Gasteiger partial charge in [-0.3, -0.25) is 0 Å². The molecule has 0 radical (unpaired) electrons. The van der Waals surface area contributed by atoms with E-state index in [-0.39, 0.29) is 0 Å². The zero-order valence-corrected chi connectivity index (χ0v) is 11.5. The van der Waals surface area contributed by atoms with Crippen LogP contribution in [0, 0.1) is 13.8 Å². The van der Waals surface area contributed by atoms with Gasteiger partial charge in [0.25, 0.3) is 0 Å². The van der Waals surface area contributed by atoms with E-state index in [1.807, 2.05) is 18.5 Å². The number of nitrogen functional groups attached to an aromatic ring is 1. The topological polar surface area (TPSA) is 69.6 Å². The predicted octanol–water partition coefficient (Wildman–Crippen LogP) is 2.13. The minimum atomic E-state index is 0.751. The summed E-state index contributed by atoms with van der Waals surface area (Å²) in [6.45, 7) is 3.92. The van der Waals surface area contributed by atoms with Crippen molar-refractivity contribution in [2.45, 2.75) is 46.0 Å². The SMILES string of the molecule is Cc1nn(-c2ncnc3c2CCCCC3)c(C)c1N. The first kappa shape index (κ1) is 12.1. The third-order valence-electron chi connectivity index (χ3n) is 3.90. The molecule has 0 amide bonds. The first-order valence-electron chi connectivity index (χ1n) is 6.83. The summed E-state index contributed by atoms with van der Waals surface area (Å²) in [7, 11) is 0. The Bertz CT molecular complexity index is 615. The number of anilines is 1. The van der Waals surface area contributed by atoms with Crippen molar-refractivity contribution in [1.29, 1.82) is 0 Å². The van der Waals surface area contributed by atoms with Gasteiger partial charge in [-0.2, -0.15) is 5.10 Å². The van der Waals surface area contributed by atoms with E-state index in [0.717, 1.165) is 35.7 Å². The Morgan fingerprint density at radius 2 is 1.89 bits per heavy atom. The van der Waals surface area contributed by atoms with Gasteiger partial charge in [0.15, 0.2) is 5.82 Å². The molecule has 2 aromatic heterocycles. The number of aryl methyl sites for hydroxylation is 2. The third-order valence-corrected chi connectivity index (χ3v) is 3.90. The Balaban J connectivity index is 2.17. The standard InChI is InChI=1S/C14H19N5/c1-9-13(15)10(2)19(18-9)14-11-6-4-3-5-7-12(11)16-8-17-14/h8H,3-7,15H2,1-2H3. The summed E-state index contributed by atoms with van der Waals surface area (Å²) in [6, 6.07) is 0. The maximum Gasteiger partial charge on any atom is 0.160 e. The summed E-state index contributed by atoms with van der Waals surface area (Å²) >= 11 is 0. The second-order valence-corrected chi connectivity index (χ2v) is 5.18. The zero-order chi connectivity index (χ0) is 13.4. The van der Waals surface area contributed by atoms with E-state index in [0.29, 0.717) is 0 Å².